The Morgan fingerprint density at radius 2 is 1.79 bits per heavy atom. The molecule has 0 heterocycles. The molecule has 0 aromatic heterocycles. The van der Waals surface area contributed by atoms with E-state index in [1.807, 2.05) is 13.0 Å². The number of rotatable bonds is 6. The molecule has 0 rings (SSSR count). The van der Waals surface area contributed by atoms with Gasteiger partial charge >= 0.3 is 0 Å². The topological polar surface area (TPSA) is 40.9 Å². The van der Waals surface area contributed by atoms with Crippen LogP contribution in [0.4, 0.5) is 0 Å². The second-order valence-corrected chi connectivity index (χ2v) is 3.42. The SMILES string of the molecule is CCCC#N.CCCCCCC(C)=O. The minimum Gasteiger partial charge on any atom is -0.300 e. The van der Waals surface area contributed by atoms with Crippen LogP contribution in [0.3, 0.4) is 0 Å². The van der Waals surface area contributed by atoms with Gasteiger partial charge in [-0.3, -0.25) is 0 Å². The van der Waals surface area contributed by atoms with E-state index in [0.717, 1.165) is 19.3 Å². The zero-order valence-corrected chi connectivity index (χ0v) is 9.81. The molecular formula is C12H23NO. The van der Waals surface area contributed by atoms with Crippen LogP contribution in [0.5, 0.6) is 0 Å². The van der Waals surface area contributed by atoms with E-state index in [1.165, 1.54) is 19.3 Å². The second kappa shape index (κ2) is 14.7. The molecule has 2 heteroatoms. The maximum Gasteiger partial charge on any atom is 0.129 e. The van der Waals surface area contributed by atoms with Crippen LogP contribution in [0.15, 0.2) is 0 Å². The van der Waals surface area contributed by atoms with Gasteiger partial charge in [0, 0.05) is 12.8 Å². The average Bonchev–Trinajstić information content (AvgIpc) is 2.15. The minimum absolute atomic E-state index is 0.325. The Balaban J connectivity index is 0. The van der Waals surface area contributed by atoms with Gasteiger partial charge in [0.2, 0.25) is 0 Å². The molecule has 0 aliphatic carbocycles. The molecule has 0 radical (unpaired) electrons. The van der Waals surface area contributed by atoms with E-state index in [9.17, 15) is 4.79 Å². The number of hydrogen-bond acceptors (Lipinski definition) is 2. The smallest absolute Gasteiger partial charge is 0.129 e. The molecule has 0 N–H and O–H groups in total. The number of nitriles is 1. The predicted molar refractivity (Wildman–Crippen MR) is 60.0 cm³/mol. The number of nitrogens with zero attached hydrogens (tertiary/aromatic N) is 1. The molecule has 0 atom stereocenters. The maximum absolute atomic E-state index is 10.4. The Labute approximate surface area is 88.3 Å². The third-order valence-electron chi connectivity index (χ3n) is 1.74. The van der Waals surface area contributed by atoms with E-state index < -0.39 is 0 Å². The molecule has 0 aromatic rings. The largest absolute Gasteiger partial charge is 0.300 e. The van der Waals surface area contributed by atoms with Gasteiger partial charge in [0.15, 0.2) is 0 Å². The summed E-state index contributed by atoms with van der Waals surface area (Å²) in [6.07, 6.45) is 7.28. The fourth-order valence-corrected chi connectivity index (χ4v) is 0.913. The van der Waals surface area contributed by atoms with Gasteiger partial charge in [0.05, 0.1) is 6.07 Å². The molecule has 0 saturated heterocycles. The highest BCUT2D eigenvalue weighted by Crippen LogP contribution is 2.01. The monoisotopic (exact) mass is 197 g/mol. The van der Waals surface area contributed by atoms with Crippen LogP contribution in [0.2, 0.25) is 0 Å². The van der Waals surface area contributed by atoms with Crippen molar-refractivity contribution >= 4 is 5.78 Å². The molecule has 0 saturated carbocycles. The molecule has 0 aliphatic rings. The van der Waals surface area contributed by atoms with Crippen molar-refractivity contribution in [1.29, 1.82) is 5.26 Å². The van der Waals surface area contributed by atoms with Crippen LogP contribution in [0.1, 0.15) is 65.7 Å². The standard InChI is InChI=1S/C8H16O.C4H7N/c1-3-4-5-6-7-8(2)9;1-2-3-4-5/h3-7H2,1-2H3;2-3H2,1H3. The normalized spacial score (nSPS) is 8.43. The summed E-state index contributed by atoms with van der Waals surface area (Å²) in [4.78, 5) is 10.4. The zero-order valence-electron chi connectivity index (χ0n) is 9.81. The maximum atomic E-state index is 10.4. The van der Waals surface area contributed by atoms with Gasteiger partial charge in [0.25, 0.3) is 0 Å². The summed E-state index contributed by atoms with van der Waals surface area (Å²) < 4.78 is 0. The van der Waals surface area contributed by atoms with E-state index in [2.05, 4.69) is 6.92 Å². The molecule has 0 unspecified atom stereocenters. The van der Waals surface area contributed by atoms with Crippen molar-refractivity contribution in [1.82, 2.24) is 0 Å². The van der Waals surface area contributed by atoms with Gasteiger partial charge in [-0.1, -0.05) is 33.1 Å². The molecule has 2 nitrogen and oxygen atoms in total. The van der Waals surface area contributed by atoms with Crippen LogP contribution < -0.4 is 0 Å². The van der Waals surface area contributed by atoms with Crippen LogP contribution in [-0.4, -0.2) is 5.78 Å². The third-order valence-corrected chi connectivity index (χ3v) is 1.74. The summed E-state index contributed by atoms with van der Waals surface area (Å²) >= 11 is 0. The van der Waals surface area contributed by atoms with E-state index in [1.54, 1.807) is 6.92 Å². The molecule has 0 spiro atoms. The van der Waals surface area contributed by atoms with Crippen molar-refractivity contribution in [3.05, 3.63) is 0 Å². The van der Waals surface area contributed by atoms with Gasteiger partial charge in [0.1, 0.15) is 5.78 Å². The minimum atomic E-state index is 0.325. The van der Waals surface area contributed by atoms with Gasteiger partial charge < -0.3 is 4.79 Å². The van der Waals surface area contributed by atoms with Gasteiger partial charge in [-0.25, -0.2) is 0 Å². The van der Waals surface area contributed by atoms with Crippen molar-refractivity contribution in [2.75, 3.05) is 0 Å². The molecule has 0 aliphatic heterocycles. The first-order chi connectivity index (χ1) is 6.68. The Kier molecular flexibility index (Phi) is 16.4. The highest BCUT2D eigenvalue weighted by molar-refractivity contribution is 5.75. The summed E-state index contributed by atoms with van der Waals surface area (Å²) in [6.45, 7) is 5.82. The molecule has 82 valence electrons. The molecule has 0 fully saturated rings. The molecule has 14 heavy (non-hydrogen) atoms. The highest BCUT2D eigenvalue weighted by Gasteiger charge is 1.91. The predicted octanol–water partition coefficient (Wildman–Crippen LogP) is 3.86. The fraction of sp³-hybridized carbons (Fsp3) is 0.833. The number of Topliss-reactive ketones (excluding diaryl/α,β-unsaturated/α-hetero) is 1. The summed E-state index contributed by atoms with van der Waals surface area (Å²) in [5.41, 5.74) is 0. The van der Waals surface area contributed by atoms with Gasteiger partial charge in [-0.15, -0.1) is 0 Å². The second-order valence-electron chi connectivity index (χ2n) is 3.42. The number of ketones is 1. The van der Waals surface area contributed by atoms with Crippen LogP contribution >= 0.6 is 0 Å². The molecule has 0 amide bonds. The van der Waals surface area contributed by atoms with Crippen LogP contribution in [-0.2, 0) is 4.79 Å². The van der Waals surface area contributed by atoms with Gasteiger partial charge in [-0.2, -0.15) is 5.26 Å². The van der Waals surface area contributed by atoms with E-state index in [-0.39, 0.29) is 0 Å². The summed E-state index contributed by atoms with van der Waals surface area (Å²) in [6, 6.07) is 2.02. The summed E-state index contributed by atoms with van der Waals surface area (Å²) in [5, 5.41) is 7.82. The number of unbranched alkanes of at least 4 members (excludes halogenated alkanes) is 4. The molecule has 0 bridgehead atoms. The summed E-state index contributed by atoms with van der Waals surface area (Å²) in [5.74, 6) is 0.325. The lowest BCUT2D eigenvalue weighted by Gasteiger charge is -1.93. The average molecular weight is 197 g/mol. The fourth-order valence-electron chi connectivity index (χ4n) is 0.913. The first kappa shape index (κ1) is 15.6. The Morgan fingerprint density at radius 1 is 1.14 bits per heavy atom. The van der Waals surface area contributed by atoms with E-state index in [0.29, 0.717) is 12.2 Å². The molecule has 0 aromatic carbocycles. The number of carbonyl (C=O) groups is 1. The van der Waals surface area contributed by atoms with Crippen molar-refractivity contribution in [2.45, 2.75) is 65.7 Å². The zero-order chi connectivity index (χ0) is 11.2. The lowest BCUT2D eigenvalue weighted by Crippen LogP contribution is -1.88. The van der Waals surface area contributed by atoms with Crippen molar-refractivity contribution in [3.63, 3.8) is 0 Å². The number of hydrogen-bond donors (Lipinski definition) is 0. The Bertz CT molecular complexity index is 158. The first-order valence-electron chi connectivity index (χ1n) is 5.55. The lowest BCUT2D eigenvalue weighted by molar-refractivity contribution is -0.117. The van der Waals surface area contributed by atoms with Gasteiger partial charge in [-0.05, 0) is 19.8 Å². The number of carbonyl (C=O) groups excluding carboxylic acids is 1. The van der Waals surface area contributed by atoms with Crippen molar-refractivity contribution in [2.24, 2.45) is 0 Å². The first-order valence-corrected chi connectivity index (χ1v) is 5.55. The lowest BCUT2D eigenvalue weighted by atomic mass is 10.1. The third kappa shape index (κ3) is 22.5. The van der Waals surface area contributed by atoms with E-state index in [4.69, 9.17) is 5.26 Å². The van der Waals surface area contributed by atoms with E-state index >= 15 is 0 Å². The van der Waals surface area contributed by atoms with Crippen molar-refractivity contribution < 1.29 is 4.79 Å². The Hall–Kier alpha value is -0.840. The van der Waals surface area contributed by atoms with Crippen molar-refractivity contribution in [3.8, 4) is 6.07 Å². The Morgan fingerprint density at radius 3 is 2.07 bits per heavy atom. The highest BCUT2D eigenvalue weighted by atomic mass is 16.1. The van der Waals surface area contributed by atoms with Crippen LogP contribution in [0.25, 0.3) is 0 Å². The van der Waals surface area contributed by atoms with Crippen LogP contribution in [0, 0.1) is 11.3 Å². The molecular weight excluding hydrogens is 174 g/mol. The quantitative estimate of drug-likeness (QED) is 0.607. The summed E-state index contributed by atoms with van der Waals surface area (Å²) in [7, 11) is 0.